The van der Waals surface area contributed by atoms with Gasteiger partial charge in [0.15, 0.2) is 0 Å². The van der Waals surface area contributed by atoms with Crippen LogP contribution in [-0.2, 0) is 0 Å². The number of fused-ring (bicyclic) bond motifs is 1. The zero-order valence-corrected chi connectivity index (χ0v) is 17.4. The van der Waals surface area contributed by atoms with Gasteiger partial charge in [0.1, 0.15) is 16.5 Å². The molecule has 0 fully saturated rings. The molecule has 0 aliphatic heterocycles. The number of nitro groups is 2. The third kappa shape index (κ3) is 4.33. The maximum Gasteiger partial charge on any atom is 0.288 e. The predicted octanol–water partition coefficient (Wildman–Crippen LogP) is 5.40. The molecule has 0 spiro atoms. The Morgan fingerprint density at radius 2 is 1.88 bits per heavy atom. The minimum Gasteiger partial charge on any atom is -0.455 e. The summed E-state index contributed by atoms with van der Waals surface area (Å²) < 4.78 is 6.32. The van der Waals surface area contributed by atoms with Crippen LogP contribution in [0, 0.1) is 20.2 Å². The van der Waals surface area contributed by atoms with Crippen molar-refractivity contribution >= 4 is 56.5 Å². The first kappa shape index (κ1) is 21.2. The van der Waals surface area contributed by atoms with Crippen molar-refractivity contribution in [1.82, 2.24) is 5.43 Å². The Bertz CT molecular complexity index is 1410. The SMILES string of the molecule is O=C(NN=Cc1ccc(-c2ccc(Cl)c([N+](=O)[O-])c2)o1)c1cc2cc([N+](=O)[O-])ccc2s1. The number of nitrogens with one attached hydrogen (secondary N) is 1. The highest BCUT2D eigenvalue weighted by Crippen LogP contribution is 2.31. The third-order valence-corrected chi connectivity index (χ3v) is 5.78. The Labute approximate surface area is 188 Å². The zero-order chi connectivity index (χ0) is 22.8. The minimum atomic E-state index is -0.584. The Balaban J connectivity index is 1.46. The molecule has 2 aromatic carbocycles. The van der Waals surface area contributed by atoms with Crippen LogP contribution < -0.4 is 5.43 Å². The first-order valence-electron chi connectivity index (χ1n) is 8.87. The summed E-state index contributed by atoms with van der Waals surface area (Å²) in [7, 11) is 0. The molecule has 2 heterocycles. The second-order valence-corrected chi connectivity index (χ2v) is 7.91. The van der Waals surface area contributed by atoms with E-state index in [1.165, 1.54) is 41.8 Å². The van der Waals surface area contributed by atoms with E-state index in [4.69, 9.17) is 16.0 Å². The summed E-state index contributed by atoms with van der Waals surface area (Å²) >= 11 is 7.00. The topological polar surface area (TPSA) is 141 Å². The van der Waals surface area contributed by atoms with E-state index in [2.05, 4.69) is 10.5 Å². The molecule has 0 aliphatic carbocycles. The van der Waals surface area contributed by atoms with Gasteiger partial charge in [-0.25, -0.2) is 5.43 Å². The lowest BCUT2D eigenvalue weighted by Gasteiger charge is -1.99. The monoisotopic (exact) mass is 470 g/mol. The van der Waals surface area contributed by atoms with Crippen molar-refractivity contribution in [3.05, 3.63) is 90.5 Å². The van der Waals surface area contributed by atoms with E-state index < -0.39 is 15.8 Å². The van der Waals surface area contributed by atoms with E-state index in [0.29, 0.717) is 27.3 Å². The first-order chi connectivity index (χ1) is 15.3. The van der Waals surface area contributed by atoms with Crippen molar-refractivity contribution in [1.29, 1.82) is 0 Å². The Kier molecular flexibility index (Phi) is 5.67. The predicted molar refractivity (Wildman–Crippen MR) is 119 cm³/mol. The van der Waals surface area contributed by atoms with Crippen molar-refractivity contribution in [3.63, 3.8) is 0 Å². The van der Waals surface area contributed by atoms with Crippen LogP contribution in [-0.4, -0.2) is 22.0 Å². The van der Waals surface area contributed by atoms with Crippen molar-refractivity contribution in [2.24, 2.45) is 5.10 Å². The second kappa shape index (κ2) is 8.57. The Morgan fingerprint density at radius 1 is 1.06 bits per heavy atom. The number of benzene rings is 2. The number of carbonyl (C=O) groups is 1. The van der Waals surface area contributed by atoms with Crippen molar-refractivity contribution < 1.29 is 19.1 Å². The van der Waals surface area contributed by atoms with Crippen LogP contribution in [0.5, 0.6) is 0 Å². The van der Waals surface area contributed by atoms with Crippen molar-refractivity contribution in [2.75, 3.05) is 0 Å². The normalized spacial score (nSPS) is 11.2. The fourth-order valence-electron chi connectivity index (χ4n) is 2.85. The third-order valence-electron chi connectivity index (χ3n) is 4.35. The fraction of sp³-hybridized carbons (Fsp3) is 0. The number of non-ortho nitro benzene ring substituents is 1. The summed E-state index contributed by atoms with van der Waals surface area (Å²) in [6.07, 6.45) is 1.28. The zero-order valence-electron chi connectivity index (χ0n) is 15.9. The van der Waals surface area contributed by atoms with Crippen LogP contribution in [0.25, 0.3) is 21.4 Å². The summed E-state index contributed by atoms with van der Waals surface area (Å²) in [4.78, 5) is 33.5. The smallest absolute Gasteiger partial charge is 0.288 e. The van der Waals surface area contributed by atoms with E-state index in [1.807, 2.05) is 0 Å². The number of hydrogen-bond acceptors (Lipinski definition) is 8. The highest BCUT2D eigenvalue weighted by atomic mass is 35.5. The van der Waals surface area contributed by atoms with E-state index in [9.17, 15) is 25.0 Å². The van der Waals surface area contributed by atoms with Crippen LogP contribution in [0.3, 0.4) is 0 Å². The molecule has 0 radical (unpaired) electrons. The Morgan fingerprint density at radius 3 is 2.62 bits per heavy atom. The van der Waals surface area contributed by atoms with E-state index in [1.54, 1.807) is 30.3 Å². The van der Waals surface area contributed by atoms with Crippen LogP contribution in [0.2, 0.25) is 5.02 Å². The van der Waals surface area contributed by atoms with Crippen molar-refractivity contribution in [2.45, 2.75) is 0 Å². The van der Waals surface area contributed by atoms with Gasteiger partial charge in [0, 0.05) is 33.8 Å². The van der Waals surface area contributed by atoms with Crippen LogP contribution >= 0.6 is 22.9 Å². The molecular weight excluding hydrogens is 460 g/mol. The molecule has 0 saturated heterocycles. The van der Waals surface area contributed by atoms with Gasteiger partial charge < -0.3 is 4.42 Å². The number of carbonyl (C=O) groups excluding carboxylic acids is 1. The largest absolute Gasteiger partial charge is 0.455 e. The Hall–Kier alpha value is -4.09. The molecule has 10 nitrogen and oxygen atoms in total. The highest BCUT2D eigenvalue weighted by Gasteiger charge is 2.15. The lowest BCUT2D eigenvalue weighted by atomic mass is 10.1. The summed E-state index contributed by atoms with van der Waals surface area (Å²) in [6, 6.07) is 13.4. The van der Waals surface area contributed by atoms with Gasteiger partial charge in [0.2, 0.25) is 0 Å². The summed E-state index contributed by atoms with van der Waals surface area (Å²) in [6.45, 7) is 0. The number of hydrazone groups is 1. The maximum absolute atomic E-state index is 12.3. The van der Waals surface area contributed by atoms with Crippen LogP contribution in [0.4, 0.5) is 11.4 Å². The lowest BCUT2D eigenvalue weighted by molar-refractivity contribution is -0.384. The second-order valence-electron chi connectivity index (χ2n) is 6.41. The molecule has 32 heavy (non-hydrogen) atoms. The average Bonchev–Trinajstić information content (AvgIpc) is 3.40. The van der Waals surface area contributed by atoms with Gasteiger partial charge in [0.05, 0.1) is 20.9 Å². The highest BCUT2D eigenvalue weighted by molar-refractivity contribution is 7.20. The molecule has 160 valence electrons. The number of halogens is 1. The number of hydrogen-bond donors (Lipinski definition) is 1. The lowest BCUT2D eigenvalue weighted by Crippen LogP contribution is -2.15. The van der Waals surface area contributed by atoms with Gasteiger partial charge >= 0.3 is 0 Å². The van der Waals surface area contributed by atoms with Gasteiger partial charge in [-0.2, -0.15) is 5.10 Å². The molecule has 0 saturated carbocycles. The molecule has 0 unspecified atom stereocenters. The number of furan rings is 1. The molecule has 1 N–H and O–H groups in total. The first-order valence-corrected chi connectivity index (χ1v) is 10.1. The molecule has 12 heteroatoms. The van der Waals surface area contributed by atoms with E-state index in [0.717, 1.165) is 4.70 Å². The number of thiophene rings is 1. The summed E-state index contributed by atoms with van der Waals surface area (Å²) in [5.74, 6) is 0.193. The molecular formula is C20H11ClN4O6S. The molecule has 0 bridgehead atoms. The average molecular weight is 471 g/mol. The maximum atomic E-state index is 12.3. The van der Waals surface area contributed by atoms with Crippen molar-refractivity contribution in [3.8, 4) is 11.3 Å². The quantitative estimate of drug-likeness (QED) is 0.227. The minimum absolute atomic E-state index is 0.0191. The van der Waals surface area contributed by atoms with Gasteiger partial charge in [0.25, 0.3) is 17.3 Å². The molecule has 4 rings (SSSR count). The van der Waals surface area contributed by atoms with Crippen LogP contribution in [0.1, 0.15) is 15.4 Å². The summed E-state index contributed by atoms with van der Waals surface area (Å²) in [5, 5.41) is 26.4. The standard InChI is InChI=1S/C20H11ClN4O6S/c21-15-4-1-11(8-16(15)25(29)30)17-5-3-14(31-17)10-22-23-20(26)19-9-12-7-13(24(27)28)2-6-18(12)32-19/h1-10H,(H,23,26). The van der Waals surface area contributed by atoms with Gasteiger partial charge in [-0.3, -0.25) is 25.0 Å². The van der Waals surface area contributed by atoms with E-state index >= 15 is 0 Å². The number of rotatable bonds is 6. The molecule has 1 amide bonds. The number of nitrogens with zero attached hydrogens (tertiary/aromatic N) is 3. The number of nitro benzene ring substituents is 2. The van der Waals surface area contributed by atoms with Gasteiger partial charge in [-0.1, -0.05) is 11.6 Å². The molecule has 0 atom stereocenters. The van der Waals surface area contributed by atoms with E-state index in [-0.39, 0.29) is 16.4 Å². The number of amides is 1. The molecule has 2 aromatic heterocycles. The van der Waals surface area contributed by atoms with Gasteiger partial charge in [-0.05, 0) is 36.4 Å². The molecule has 4 aromatic rings. The molecule has 0 aliphatic rings. The fourth-order valence-corrected chi connectivity index (χ4v) is 3.97. The summed E-state index contributed by atoms with van der Waals surface area (Å²) in [5.41, 5.74) is 2.53. The van der Waals surface area contributed by atoms with Crippen LogP contribution in [0.15, 0.2) is 64.1 Å². The van der Waals surface area contributed by atoms with Gasteiger partial charge in [-0.15, -0.1) is 11.3 Å².